The van der Waals surface area contributed by atoms with Gasteiger partial charge in [-0.15, -0.1) is 6.58 Å². The molecule has 1 unspecified atom stereocenters. The van der Waals surface area contributed by atoms with Gasteiger partial charge in [0.2, 0.25) is 5.12 Å². The second kappa shape index (κ2) is 5.38. The molecule has 0 aromatic heterocycles. The molecule has 64 valence electrons. The van der Waals surface area contributed by atoms with E-state index in [1.807, 2.05) is 13.8 Å². The fourth-order valence-corrected chi connectivity index (χ4v) is 1.11. The van der Waals surface area contributed by atoms with Gasteiger partial charge in [0.1, 0.15) is 0 Å². The first-order valence-electron chi connectivity index (χ1n) is 3.50. The van der Waals surface area contributed by atoms with Gasteiger partial charge in [-0.05, 0) is 5.92 Å². The van der Waals surface area contributed by atoms with Gasteiger partial charge in [0.25, 0.3) is 0 Å². The average Bonchev–Trinajstić information content (AvgIpc) is 2.02. The van der Waals surface area contributed by atoms with Crippen molar-refractivity contribution in [2.24, 2.45) is 11.8 Å². The lowest BCUT2D eigenvalue weighted by Gasteiger charge is -2.12. The highest BCUT2D eigenvalue weighted by atomic mass is 32.2. The van der Waals surface area contributed by atoms with Gasteiger partial charge in [-0.2, -0.15) is 0 Å². The number of carbonyl (C=O) groups excluding carboxylic acids is 1. The minimum Gasteiger partial charge on any atom is -0.311 e. The van der Waals surface area contributed by atoms with E-state index >= 15 is 0 Å². The minimum atomic E-state index is -0.0163. The summed E-state index contributed by atoms with van der Waals surface area (Å²) in [4.78, 5) is 11.1. The Kier molecular flexibility index (Phi) is 5.24. The highest BCUT2D eigenvalue weighted by molar-refractivity contribution is 8.09. The van der Waals surface area contributed by atoms with Crippen LogP contribution in [-0.4, -0.2) is 12.2 Å². The summed E-state index contributed by atoms with van der Waals surface area (Å²) in [7, 11) is 1.49. The molecule has 0 aliphatic carbocycles. The summed E-state index contributed by atoms with van der Waals surface area (Å²) < 4.78 is 4.65. The minimum absolute atomic E-state index is 0.0163. The van der Waals surface area contributed by atoms with Crippen molar-refractivity contribution in [1.29, 1.82) is 0 Å². The monoisotopic (exact) mass is 174 g/mol. The first-order chi connectivity index (χ1) is 5.13. The fraction of sp³-hybridized carbons (Fsp3) is 0.625. The fourth-order valence-electron chi connectivity index (χ4n) is 0.577. The third-order valence-electron chi connectivity index (χ3n) is 1.70. The summed E-state index contributed by atoms with van der Waals surface area (Å²) in [6.45, 7) is 7.46. The first-order valence-corrected chi connectivity index (χ1v) is 4.24. The van der Waals surface area contributed by atoms with Gasteiger partial charge in [-0.3, -0.25) is 4.79 Å². The Hall–Kier alpha value is -0.280. The van der Waals surface area contributed by atoms with Crippen LogP contribution in [0.25, 0.3) is 0 Å². The van der Waals surface area contributed by atoms with Gasteiger partial charge < -0.3 is 4.18 Å². The summed E-state index contributed by atoms with van der Waals surface area (Å²) in [5, 5.41) is 0.0555. The zero-order chi connectivity index (χ0) is 8.85. The molecule has 0 radical (unpaired) electrons. The molecular formula is C8H14O2S. The Morgan fingerprint density at radius 1 is 1.64 bits per heavy atom. The van der Waals surface area contributed by atoms with Crippen LogP contribution in [0.15, 0.2) is 12.7 Å². The zero-order valence-corrected chi connectivity index (χ0v) is 7.98. The summed E-state index contributed by atoms with van der Waals surface area (Å²) in [6, 6.07) is 0. The van der Waals surface area contributed by atoms with Crippen LogP contribution in [0.2, 0.25) is 0 Å². The van der Waals surface area contributed by atoms with Crippen LogP contribution in [0.4, 0.5) is 0 Å². The van der Waals surface area contributed by atoms with Crippen LogP contribution in [0, 0.1) is 11.8 Å². The van der Waals surface area contributed by atoms with Crippen LogP contribution in [0.3, 0.4) is 0 Å². The maximum absolute atomic E-state index is 11.1. The van der Waals surface area contributed by atoms with E-state index in [4.69, 9.17) is 0 Å². The molecule has 0 fully saturated rings. The summed E-state index contributed by atoms with van der Waals surface area (Å²) in [5.41, 5.74) is 0. The van der Waals surface area contributed by atoms with Crippen LogP contribution >= 0.6 is 12.0 Å². The molecular weight excluding hydrogens is 160 g/mol. The maximum Gasteiger partial charge on any atom is 0.218 e. The molecule has 0 aliphatic heterocycles. The van der Waals surface area contributed by atoms with Crippen molar-refractivity contribution in [3.05, 3.63) is 12.7 Å². The van der Waals surface area contributed by atoms with Crippen LogP contribution in [0.1, 0.15) is 13.8 Å². The van der Waals surface area contributed by atoms with Gasteiger partial charge in [-0.25, -0.2) is 0 Å². The van der Waals surface area contributed by atoms with E-state index in [-0.39, 0.29) is 17.0 Å². The van der Waals surface area contributed by atoms with E-state index in [0.717, 1.165) is 12.0 Å². The third kappa shape index (κ3) is 3.58. The van der Waals surface area contributed by atoms with Crippen molar-refractivity contribution in [2.45, 2.75) is 13.8 Å². The molecule has 2 atom stereocenters. The molecule has 0 amide bonds. The maximum atomic E-state index is 11.1. The van der Waals surface area contributed by atoms with Crippen molar-refractivity contribution >= 4 is 17.2 Å². The average molecular weight is 174 g/mol. The van der Waals surface area contributed by atoms with E-state index in [1.165, 1.54) is 7.11 Å². The predicted octanol–water partition coefficient (Wildman–Crippen LogP) is 2.27. The van der Waals surface area contributed by atoms with E-state index in [0.29, 0.717) is 0 Å². The topological polar surface area (TPSA) is 26.3 Å². The van der Waals surface area contributed by atoms with Crippen molar-refractivity contribution in [3.63, 3.8) is 0 Å². The number of rotatable bonds is 4. The van der Waals surface area contributed by atoms with Gasteiger partial charge in [-0.1, -0.05) is 19.9 Å². The summed E-state index contributed by atoms with van der Waals surface area (Å²) in [6.07, 6.45) is 1.78. The lowest BCUT2D eigenvalue weighted by atomic mass is 9.98. The van der Waals surface area contributed by atoms with Crippen LogP contribution in [-0.2, 0) is 8.98 Å². The zero-order valence-electron chi connectivity index (χ0n) is 7.16. The molecule has 0 heterocycles. The Balaban J connectivity index is 3.90. The lowest BCUT2D eigenvalue weighted by Crippen LogP contribution is -2.14. The number of hydrogen-bond acceptors (Lipinski definition) is 3. The molecule has 0 aromatic rings. The Morgan fingerprint density at radius 3 is 2.55 bits per heavy atom. The molecule has 0 spiro atoms. The van der Waals surface area contributed by atoms with Crippen molar-refractivity contribution in [2.75, 3.05) is 7.11 Å². The lowest BCUT2D eigenvalue weighted by molar-refractivity contribution is -0.115. The van der Waals surface area contributed by atoms with Crippen molar-refractivity contribution in [3.8, 4) is 0 Å². The molecule has 0 aromatic carbocycles. The molecule has 0 bridgehead atoms. The Labute approximate surface area is 72.2 Å². The molecule has 0 rings (SSSR count). The van der Waals surface area contributed by atoms with E-state index in [1.54, 1.807) is 6.08 Å². The van der Waals surface area contributed by atoms with Crippen molar-refractivity contribution in [1.82, 2.24) is 0 Å². The molecule has 11 heavy (non-hydrogen) atoms. The molecule has 0 saturated heterocycles. The van der Waals surface area contributed by atoms with Crippen LogP contribution < -0.4 is 0 Å². The molecule has 0 N–H and O–H groups in total. The van der Waals surface area contributed by atoms with Gasteiger partial charge in [0.15, 0.2) is 0 Å². The summed E-state index contributed by atoms with van der Waals surface area (Å²) in [5.74, 6) is 0.197. The highest BCUT2D eigenvalue weighted by Gasteiger charge is 2.18. The largest absolute Gasteiger partial charge is 0.311 e. The molecule has 0 saturated carbocycles. The molecule has 3 heteroatoms. The second-order valence-electron chi connectivity index (χ2n) is 2.45. The SMILES string of the molecule is C=C[C@@H](C)C(C)C(=O)SOC. The second-order valence-corrected chi connectivity index (χ2v) is 3.35. The van der Waals surface area contributed by atoms with E-state index in [9.17, 15) is 4.79 Å². The predicted molar refractivity (Wildman–Crippen MR) is 48.1 cm³/mol. The van der Waals surface area contributed by atoms with E-state index in [2.05, 4.69) is 10.8 Å². The Morgan fingerprint density at radius 2 is 2.18 bits per heavy atom. The number of carbonyl (C=O) groups is 1. The number of allylic oxidation sites excluding steroid dienone is 1. The van der Waals surface area contributed by atoms with E-state index < -0.39 is 0 Å². The van der Waals surface area contributed by atoms with Gasteiger partial charge >= 0.3 is 0 Å². The van der Waals surface area contributed by atoms with Crippen molar-refractivity contribution < 1.29 is 8.98 Å². The molecule has 0 aliphatic rings. The third-order valence-corrected chi connectivity index (χ3v) is 2.40. The normalized spacial score (nSPS) is 15.5. The standard InChI is InChI=1S/C8H14O2S/c1-5-6(2)7(3)8(9)11-10-4/h5-7H,1H2,2-4H3/t6-,7?/m1/s1. The first kappa shape index (κ1) is 10.7. The van der Waals surface area contributed by atoms with Gasteiger partial charge in [0.05, 0.1) is 19.2 Å². The van der Waals surface area contributed by atoms with Gasteiger partial charge in [0, 0.05) is 5.92 Å². The molecule has 2 nitrogen and oxygen atoms in total. The van der Waals surface area contributed by atoms with Crippen LogP contribution in [0.5, 0.6) is 0 Å². The highest BCUT2D eigenvalue weighted by Crippen LogP contribution is 2.19. The smallest absolute Gasteiger partial charge is 0.218 e. The Bertz CT molecular complexity index is 145. The number of hydrogen-bond donors (Lipinski definition) is 0. The quantitative estimate of drug-likeness (QED) is 0.483. The summed E-state index contributed by atoms with van der Waals surface area (Å²) >= 11 is 0.896.